The van der Waals surface area contributed by atoms with E-state index in [1.807, 2.05) is 11.3 Å². The molecular weight excluding hydrogens is 228 g/mol. The lowest BCUT2D eigenvalue weighted by Crippen LogP contribution is -2.40. The molecule has 1 aromatic heterocycles. The van der Waals surface area contributed by atoms with Gasteiger partial charge in [0.2, 0.25) is 0 Å². The first-order valence-electron chi connectivity index (χ1n) is 6.87. The predicted octanol–water partition coefficient (Wildman–Crippen LogP) is 3.03. The number of nitrogens with zero attached hydrogens (tertiary/aromatic N) is 1. The quantitative estimate of drug-likeness (QED) is 0.864. The van der Waals surface area contributed by atoms with Crippen molar-refractivity contribution in [3.8, 4) is 0 Å². The average molecular weight is 250 g/mol. The average Bonchev–Trinajstić information content (AvgIpc) is 2.86. The fraction of sp³-hybridized carbons (Fsp3) is 0.714. The Kier molecular flexibility index (Phi) is 3.50. The molecule has 0 spiro atoms. The first-order chi connectivity index (χ1) is 8.34. The lowest BCUT2D eigenvalue weighted by atomic mass is 10.1. The summed E-state index contributed by atoms with van der Waals surface area (Å²) in [5, 5.41) is 5.83. The molecule has 0 bridgehead atoms. The van der Waals surface area contributed by atoms with Gasteiger partial charge < -0.3 is 5.32 Å². The third-order valence-corrected chi connectivity index (χ3v) is 5.10. The van der Waals surface area contributed by atoms with Gasteiger partial charge >= 0.3 is 0 Å². The standard InChI is InChI=1S/C14H22N2S/c1-11(14-5-3-9-17-14)16(13-6-7-13)10-12-4-2-8-15-12/h3,5,9,11-13,15H,2,4,6-8,10H2,1H3. The molecule has 1 aliphatic heterocycles. The Morgan fingerprint density at radius 1 is 1.47 bits per heavy atom. The third-order valence-electron chi connectivity index (χ3n) is 4.06. The van der Waals surface area contributed by atoms with E-state index in [1.165, 1.54) is 43.6 Å². The van der Waals surface area contributed by atoms with Gasteiger partial charge in [0.15, 0.2) is 0 Å². The molecule has 2 aliphatic rings. The van der Waals surface area contributed by atoms with Crippen molar-refractivity contribution in [2.24, 2.45) is 0 Å². The van der Waals surface area contributed by atoms with E-state index in [0.29, 0.717) is 6.04 Å². The van der Waals surface area contributed by atoms with Crippen molar-refractivity contribution in [3.05, 3.63) is 22.4 Å². The molecule has 2 heterocycles. The minimum absolute atomic E-state index is 0.602. The van der Waals surface area contributed by atoms with Crippen molar-refractivity contribution < 1.29 is 0 Å². The second-order valence-electron chi connectivity index (χ2n) is 5.41. The van der Waals surface area contributed by atoms with E-state index < -0.39 is 0 Å². The molecule has 94 valence electrons. The van der Waals surface area contributed by atoms with Gasteiger partial charge in [-0.15, -0.1) is 11.3 Å². The van der Waals surface area contributed by atoms with E-state index in [2.05, 4.69) is 34.7 Å². The number of nitrogens with one attached hydrogen (secondary N) is 1. The Morgan fingerprint density at radius 3 is 2.94 bits per heavy atom. The van der Waals surface area contributed by atoms with Crippen molar-refractivity contribution in [1.82, 2.24) is 10.2 Å². The molecule has 1 N–H and O–H groups in total. The van der Waals surface area contributed by atoms with Gasteiger partial charge in [0.25, 0.3) is 0 Å². The molecule has 3 rings (SSSR count). The molecule has 1 saturated carbocycles. The fourth-order valence-corrected chi connectivity index (χ4v) is 3.69. The van der Waals surface area contributed by atoms with Gasteiger partial charge in [-0.2, -0.15) is 0 Å². The lowest BCUT2D eigenvalue weighted by Gasteiger charge is -2.31. The molecule has 2 fully saturated rings. The fourth-order valence-electron chi connectivity index (χ4n) is 2.89. The van der Waals surface area contributed by atoms with Crippen LogP contribution in [0.25, 0.3) is 0 Å². The Hall–Kier alpha value is -0.380. The maximum atomic E-state index is 3.63. The van der Waals surface area contributed by atoms with Crippen molar-refractivity contribution in [1.29, 1.82) is 0 Å². The molecule has 3 heteroatoms. The van der Waals surface area contributed by atoms with E-state index in [9.17, 15) is 0 Å². The lowest BCUT2D eigenvalue weighted by molar-refractivity contribution is 0.184. The van der Waals surface area contributed by atoms with Crippen LogP contribution in [-0.2, 0) is 0 Å². The minimum Gasteiger partial charge on any atom is -0.313 e. The summed E-state index contributed by atoms with van der Waals surface area (Å²) in [6, 6.07) is 6.65. The van der Waals surface area contributed by atoms with Crippen molar-refractivity contribution in [3.63, 3.8) is 0 Å². The van der Waals surface area contributed by atoms with E-state index in [0.717, 1.165) is 12.1 Å². The molecule has 2 atom stereocenters. The van der Waals surface area contributed by atoms with E-state index in [4.69, 9.17) is 0 Å². The van der Waals surface area contributed by atoms with Crippen molar-refractivity contribution in [2.45, 2.75) is 50.7 Å². The van der Waals surface area contributed by atoms with Crippen LogP contribution in [0.3, 0.4) is 0 Å². The Morgan fingerprint density at radius 2 is 2.35 bits per heavy atom. The number of hydrogen-bond acceptors (Lipinski definition) is 3. The molecule has 1 saturated heterocycles. The maximum Gasteiger partial charge on any atom is 0.0416 e. The molecule has 2 unspecified atom stereocenters. The minimum atomic E-state index is 0.602. The van der Waals surface area contributed by atoms with Crippen LogP contribution < -0.4 is 5.32 Å². The SMILES string of the molecule is CC(c1cccs1)N(CC1CCCN1)C1CC1. The highest BCUT2D eigenvalue weighted by molar-refractivity contribution is 7.10. The predicted molar refractivity (Wildman–Crippen MR) is 73.5 cm³/mol. The zero-order valence-corrected chi connectivity index (χ0v) is 11.4. The summed E-state index contributed by atoms with van der Waals surface area (Å²) in [6.07, 6.45) is 5.53. The zero-order valence-electron chi connectivity index (χ0n) is 10.6. The summed E-state index contributed by atoms with van der Waals surface area (Å²) in [5.74, 6) is 0. The monoisotopic (exact) mass is 250 g/mol. The van der Waals surface area contributed by atoms with Crippen LogP contribution in [-0.4, -0.2) is 30.1 Å². The Balaban J connectivity index is 1.66. The molecule has 17 heavy (non-hydrogen) atoms. The molecule has 1 aromatic rings. The van der Waals surface area contributed by atoms with Crippen LogP contribution in [0.15, 0.2) is 17.5 Å². The van der Waals surface area contributed by atoms with Crippen molar-refractivity contribution >= 4 is 11.3 Å². The Labute approximate surface area is 108 Å². The largest absolute Gasteiger partial charge is 0.313 e. The normalized spacial score (nSPS) is 26.6. The molecule has 1 aliphatic carbocycles. The van der Waals surface area contributed by atoms with Crippen LogP contribution in [0.2, 0.25) is 0 Å². The molecule has 0 aromatic carbocycles. The summed E-state index contributed by atoms with van der Waals surface area (Å²) < 4.78 is 0. The maximum absolute atomic E-state index is 3.63. The van der Waals surface area contributed by atoms with Crippen LogP contribution in [0.5, 0.6) is 0 Å². The van der Waals surface area contributed by atoms with Crippen LogP contribution in [0, 0.1) is 0 Å². The summed E-state index contributed by atoms with van der Waals surface area (Å²) in [6.45, 7) is 4.83. The van der Waals surface area contributed by atoms with Crippen molar-refractivity contribution in [2.75, 3.05) is 13.1 Å². The number of thiophene rings is 1. The number of rotatable bonds is 5. The second-order valence-corrected chi connectivity index (χ2v) is 6.39. The second kappa shape index (κ2) is 5.09. The molecule has 2 nitrogen and oxygen atoms in total. The molecule has 0 amide bonds. The molecular formula is C14H22N2S. The van der Waals surface area contributed by atoms with Gasteiger partial charge in [0, 0.05) is 29.5 Å². The van der Waals surface area contributed by atoms with E-state index in [-0.39, 0.29) is 0 Å². The summed E-state index contributed by atoms with van der Waals surface area (Å²) in [7, 11) is 0. The van der Waals surface area contributed by atoms with Gasteiger partial charge in [-0.25, -0.2) is 0 Å². The first kappa shape index (κ1) is 11.7. The van der Waals surface area contributed by atoms with Gasteiger partial charge in [0.1, 0.15) is 0 Å². The summed E-state index contributed by atoms with van der Waals surface area (Å²) >= 11 is 1.90. The van der Waals surface area contributed by atoms with Gasteiger partial charge in [-0.1, -0.05) is 6.07 Å². The smallest absolute Gasteiger partial charge is 0.0416 e. The summed E-state index contributed by atoms with van der Waals surface area (Å²) in [4.78, 5) is 4.25. The third kappa shape index (κ3) is 2.72. The highest BCUT2D eigenvalue weighted by Gasteiger charge is 2.34. The number of hydrogen-bond donors (Lipinski definition) is 1. The first-order valence-corrected chi connectivity index (χ1v) is 7.75. The summed E-state index contributed by atoms with van der Waals surface area (Å²) in [5.41, 5.74) is 0. The highest BCUT2D eigenvalue weighted by atomic mass is 32.1. The Bertz CT molecular complexity index is 339. The van der Waals surface area contributed by atoms with Gasteiger partial charge in [0.05, 0.1) is 0 Å². The van der Waals surface area contributed by atoms with E-state index >= 15 is 0 Å². The van der Waals surface area contributed by atoms with Gasteiger partial charge in [-0.3, -0.25) is 4.90 Å². The molecule has 0 radical (unpaired) electrons. The van der Waals surface area contributed by atoms with Gasteiger partial charge in [-0.05, 0) is 50.6 Å². The zero-order chi connectivity index (χ0) is 11.7. The van der Waals surface area contributed by atoms with Crippen LogP contribution >= 0.6 is 11.3 Å². The topological polar surface area (TPSA) is 15.3 Å². The van der Waals surface area contributed by atoms with Crippen LogP contribution in [0.4, 0.5) is 0 Å². The van der Waals surface area contributed by atoms with Crippen LogP contribution in [0.1, 0.15) is 43.5 Å². The van der Waals surface area contributed by atoms with E-state index in [1.54, 1.807) is 0 Å². The highest BCUT2D eigenvalue weighted by Crippen LogP contribution is 2.36.